The molecule has 1 rings (SSSR count). The number of ketones is 1. The monoisotopic (exact) mass is 228 g/mol. The third-order valence-electron chi connectivity index (χ3n) is 1.72. The summed E-state index contributed by atoms with van der Waals surface area (Å²) in [5, 5.41) is 8.89. The lowest BCUT2D eigenvalue weighted by molar-refractivity contribution is 0.102. The Bertz CT molecular complexity index is 424. The molecule has 0 saturated heterocycles. The molecule has 1 aromatic rings. The molecule has 0 aromatic heterocycles. The minimum Gasteiger partial charge on any atom is -0.397 e. The maximum atomic E-state index is 11.3. The summed E-state index contributed by atoms with van der Waals surface area (Å²) in [4.78, 5) is 11.3. The van der Waals surface area contributed by atoms with Gasteiger partial charge < -0.3 is 5.73 Å². The number of nitrogens with zero attached hydrogens (tertiary/aromatic N) is 1. The summed E-state index contributed by atoms with van der Waals surface area (Å²) >= 11 is 11.1. The number of Topliss-reactive ketones (excluding diaryl/α,β-unsaturated/α-hetero) is 1. The molecule has 0 fully saturated rings. The molecule has 5 heteroatoms. The van der Waals surface area contributed by atoms with E-state index in [1.54, 1.807) is 0 Å². The minimum atomic E-state index is -0.383. The van der Waals surface area contributed by atoms with E-state index in [1.165, 1.54) is 12.1 Å². The van der Waals surface area contributed by atoms with Crippen LogP contribution in [0.5, 0.6) is 0 Å². The number of nitrogen functional groups attached to an aromatic ring is 1. The fraction of sp³-hybridized carbons (Fsp3) is 0.111. The largest absolute Gasteiger partial charge is 0.397 e. The number of hydrogen-bond acceptors (Lipinski definition) is 3. The molecule has 0 spiro atoms. The van der Waals surface area contributed by atoms with Crippen LogP contribution in [0, 0.1) is 11.3 Å². The molecule has 0 bridgehead atoms. The zero-order chi connectivity index (χ0) is 10.7. The number of nitriles is 1. The Kier molecular flexibility index (Phi) is 3.34. The van der Waals surface area contributed by atoms with Crippen LogP contribution in [0.4, 0.5) is 5.69 Å². The van der Waals surface area contributed by atoms with Crippen LogP contribution < -0.4 is 5.73 Å². The highest BCUT2D eigenvalue weighted by atomic mass is 35.5. The predicted molar refractivity (Wildman–Crippen MR) is 55.6 cm³/mol. The number of rotatable bonds is 2. The first kappa shape index (κ1) is 10.8. The molecule has 0 aliphatic carbocycles. The molecular weight excluding hydrogens is 223 g/mol. The molecule has 0 unspecified atom stereocenters. The molecule has 0 aliphatic rings. The van der Waals surface area contributed by atoms with Gasteiger partial charge in [0.05, 0.1) is 27.7 Å². The summed E-state index contributed by atoms with van der Waals surface area (Å²) < 4.78 is 0. The van der Waals surface area contributed by atoms with Crippen molar-refractivity contribution in [1.82, 2.24) is 0 Å². The first-order chi connectivity index (χ1) is 6.61. The molecule has 3 nitrogen and oxygen atoms in total. The average molecular weight is 229 g/mol. The molecule has 0 heterocycles. The van der Waals surface area contributed by atoms with Gasteiger partial charge in [-0.15, -0.1) is 11.6 Å². The van der Waals surface area contributed by atoms with Crippen molar-refractivity contribution in [3.63, 3.8) is 0 Å². The zero-order valence-corrected chi connectivity index (χ0v) is 8.56. The van der Waals surface area contributed by atoms with Crippen molar-refractivity contribution in [3.8, 4) is 6.07 Å². The number of alkyl halides is 1. The van der Waals surface area contributed by atoms with E-state index in [0.29, 0.717) is 0 Å². The van der Waals surface area contributed by atoms with Gasteiger partial charge in [0.2, 0.25) is 0 Å². The van der Waals surface area contributed by atoms with Crippen molar-refractivity contribution in [2.75, 3.05) is 11.6 Å². The summed E-state index contributed by atoms with van der Waals surface area (Å²) in [6.07, 6.45) is 0. The molecule has 0 saturated carbocycles. The molecule has 72 valence electrons. The van der Waals surface area contributed by atoms with Crippen molar-refractivity contribution in [2.45, 2.75) is 0 Å². The normalized spacial score (nSPS) is 9.50. The fourth-order valence-corrected chi connectivity index (χ4v) is 1.44. The van der Waals surface area contributed by atoms with E-state index in [0.717, 1.165) is 0 Å². The maximum Gasteiger partial charge on any atom is 0.181 e. The molecular formula is C9H6Cl2N2O. The molecule has 0 radical (unpaired) electrons. The quantitative estimate of drug-likeness (QED) is 0.480. The van der Waals surface area contributed by atoms with Crippen LogP contribution in [-0.4, -0.2) is 11.7 Å². The van der Waals surface area contributed by atoms with E-state index in [9.17, 15) is 4.79 Å². The first-order valence-corrected chi connectivity index (χ1v) is 4.60. The third kappa shape index (κ3) is 1.82. The third-order valence-corrected chi connectivity index (χ3v) is 2.27. The van der Waals surface area contributed by atoms with E-state index in [2.05, 4.69) is 0 Å². The highest BCUT2D eigenvalue weighted by Gasteiger charge is 2.15. The molecule has 0 aliphatic heterocycles. The Balaban J connectivity index is 3.42. The second-order valence-electron chi connectivity index (χ2n) is 2.55. The van der Waals surface area contributed by atoms with Crippen LogP contribution in [0.2, 0.25) is 5.02 Å². The van der Waals surface area contributed by atoms with Crippen LogP contribution in [0.1, 0.15) is 15.9 Å². The van der Waals surface area contributed by atoms with Gasteiger partial charge in [0, 0.05) is 0 Å². The summed E-state index contributed by atoms with van der Waals surface area (Å²) in [7, 11) is 0. The lowest BCUT2D eigenvalue weighted by Crippen LogP contribution is -2.07. The predicted octanol–water partition coefficient (Wildman–Crippen LogP) is 2.22. The van der Waals surface area contributed by atoms with Gasteiger partial charge in [-0.1, -0.05) is 11.6 Å². The van der Waals surface area contributed by atoms with Gasteiger partial charge in [-0.3, -0.25) is 4.79 Å². The molecule has 1 aromatic carbocycles. The fourth-order valence-electron chi connectivity index (χ4n) is 1.04. The molecule has 2 N–H and O–H groups in total. The number of hydrogen-bond donors (Lipinski definition) is 1. The number of carbonyl (C=O) groups excluding carboxylic acids is 1. The summed E-state index contributed by atoms with van der Waals surface area (Å²) in [6, 6.07) is 4.78. The molecule has 14 heavy (non-hydrogen) atoms. The minimum absolute atomic E-state index is 0.0886. The summed E-state index contributed by atoms with van der Waals surface area (Å²) in [5.41, 5.74) is 6.02. The zero-order valence-electron chi connectivity index (χ0n) is 7.05. The Morgan fingerprint density at radius 2 is 2.21 bits per heavy atom. The lowest BCUT2D eigenvalue weighted by atomic mass is 10.1. The van der Waals surface area contributed by atoms with E-state index in [4.69, 9.17) is 34.2 Å². The van der Waals surface area contributed by atoms with E-state index in [-0.39, 0.29) is 33.5 Å². The van der Waals surface area contributed by atoms with E-state index in [1.807, 2.05) is 6.07 Å². The molecule has 0 amide bonds. The Labute approximate surface area is 91.0 Å². The molecule has 0 atom stereocenters. The topological polar surface area (TPSA) is 66.9 Å². The van der Waals surface area contributed by atoms with E-state index >= 15 is 0 Å². The Morgan fingerprint density at radius 3 is 2.71 bits per heavy atom. The van der Waals surface area contributed by atoms with Crippen LogP contribution in [-0.2, 0) is 0 Å². The number of nitrogens with two attached hydrogens (primary N) is 1. The van der Waals surface area contributed by atoms with Gasteiger partial charge in [0.1, 0.15) is 6.07 Å². The second kappa shape index (κ2) is 4.32. The number of anilines is 1. The second-order valence-corrected chi connectivity index (χ2v) is 3.23. The van der Waals surface area contributed by atoms with Gasteiger partial charge in [0.25, 0.3) is 0 Å². The first-order valence-electron chi connectivity index (χ1n) is 3.69. The maximum absolute atomic E-state index is 11.3. The van der Waals surface area contributed by atoms with Crippen LogP contribution in [0.25, 0.3) is 0 Å². The van der Waals surface area contributed by atoms with E-state index < -0.39 is 0 Å². The number of carbonyl (C=O) groups is 1. The van der Waals surface area contributed by atoms with Crippen LogP contribution in [0.3, 0.4) is 0 Å². The van der Waals surface area contributed by atoms with Crippen molar-refractivity contribution in [1.29, 1.82) is 5.26 Å². The SMILES string of the molecule is N#Cc1ccc(Cl)c(C(=O)CCl)c1N. The number of benzene rings is 1. The van der Waals surface area contributed by atoms with Crippen molar-refractivity contribution >= 4 is 34.7 Å². The highest BCUT2D eigenvalue weighted by molar-refractivity contribution is 6.38. The smallest absolute Gasteiger partial charge is 0.181 e. The van der Waals surface area contributed by atoms with Crippen LogP contribution in [0.15, 0.2) is 12.1 Å². The number of halogens is 2. The van der Waals surface area contributed by atoms with Gasteiger partial charge >= 0.3 is 0 Å². The summed E-state index contributed by atoms with van der Waals surface area (Å²) in [6.45, 7) is 0. The summed E-state index contributed by atoms with van der Waals surface area (Å²) in [5.74, 6) is -0.593. The average Bonchev–Trinajstić information content (AvgIpc) is 2.18. The van der Waals surface area contributed by atoms with Gasteiger partial charge in [-0.05, 0) is 12.1 Å². The Hall–Kier alpha value is -1.24. The van der Waals surface area contributed by atoms with Gasteiger partial charge in [-0.2, -0.15) is 5.26 Å². The van der Waals surface area contributed by atoms with Crippen molar-refractivity contribution in [2.24, 2.45) is 0 Å². The Morgan fingerprint density at radius 1 is 1.57 bits per heavy atom. The van der Waals surface area contributed by atoms with Gasteiger partial charge in [-0.25, -0.2) is 0 Å². The van der Waals surface area contributed by atoms with Crippen molar-refractivity contribution in [3.05, 3.63) is 28.3 Å². The standard InChI is InChI=1S/C9H6Cl2N2O/c10-3-7(14)8-6(11)2-1-5(4-12)9(8)13/h1-2H,3,13H2. The van der Waals surface area contributed by atoms with Crippen molar-refractivity contribution < 1.29 is 4.79 Å². The highest BCUT2D eigenvalue weighted by Crippen LogP contribution is 2.26. The van der Waals surface area contributed by atoms with Gasteiger partial charge in [0.15, 0.2) is 5.78 Å². The lowest BCUT2D eigenvalue weighted by Gasteiger charge is -2.06. The van der Waals surface area contributed by atoms with Crippen LogP contribution >= 0.6 is 23.2 Å².